The summed E-state index contributed by atoms with van der Waals surface area (Å²) in [5, 5.41) is 24.5. The number of nitrogens with zero attached hydrogens (tertiary/aromatic N) is 5. The number of halogens is 1. The maximum Gasteiger partial charge on any atom is 0.264 e. The molecule has 1 fully saturated rings. The molecule has 3 N–H and O–H groups in total. The van der Waals surface area contributed by atoms with E-state index in [1.54, 1.807) is 48.0 Å². The zero-order chi connectivity index (χ0) is 26.3. The summed E-state index contributed by atoms with van der Waals surface area (Å²) in [6.07, 6.45) is 5.13. The first-order valence-electron chi connectivity index (χ1n) is 12.1. The van der Waals surface area contributed by atoms with Gasteiger partial charge in [-0.1, -0.05) is 6.07 Å². The zero-order valence-corrected chi connectivity index (χ0v) is 21.4. The highest BCUT2D eigenvalue weighted by atomic mass is 32.1. The first kappa shape index (κ1) is 25.0. The van der Waals surface area contributed by atoms with E-state index in [0.29, 0.717) is 34.7 Å². The van der Waals surface area contributed by atoms with E-state index in [0.717, 1.165) is 28.7 Å². The second kappa shape index (κ2) is 9.67. The molecule has 0 radical (unpaired) electrons. The van der Waals surface area contributed by atoms with Crippen molar-refractivity contribution in [2.45, 2.75) is 44.9 Å². The summed E-state index contributed by atoms with van der Waals surface area (Å²) in [6.45, 7) is 4.85. The average molecular weight is 519 g/mol. The molecule has 0 bridgehead atoms. The lowest BCUT2D eigenvalue weighted by Gasteiger charge is -2.30. The summed E-state index contributed by atoms with van der Waals surface area (Å²) < 4.78 is 16.2. The number of aromatic nitrogens is 3. The molecule has 0 unspecified atom stereocenters. The van der Waals surface area contributed by atoms with Crippen molar-refractivity contribution in [2.75, 3.05) is 13.1 Å². The van der Waals surface area contributed by atoms with Gasteiger partial charge in [-0.15, -0.1) is 11.3 Å². The molecule has 4 heterocycles. The van der Waals surface area contributed by atoms with Gasteiger partial charge in [-0.2, -0.15) is 10.4 Å². The third-order valence-corrected chi connectivity index (χ3v) is 7.54. The second-order valence-electron chi connectivity index (χ2n) is 10.1. The minimum Gasteiger partial charge on any atom is -0.389 e. The van der Waals surface area contributed by atoms with Gasteiger partial charge in [0.25, 0.3) is 5.91 Å². The highest BCUT2D eigenvalue weighted by Crippen LogP contribution is 2.41. The normalized spacial score (nSPS) is 16.2. The number of benzene rings is 1. The Morgan fingerprint density at radius 1 is 1.30 bits per heavy atom. The van der Waals surface area contributed by atoms with E-state index in [4.69, 9.17) is 11.0 Å². The Morgan fingerprint density at radius 3 is 2.81 bits per heavy atom. The molecule has 1 amide bonds. The van der Waals surface area contributed by atoms with Crippen LogP contribution >= 0.6 is 11.3 Å². The number of pyridine rings is 1. The third kappa shape index (κ3) is 5.11. The van der Waals surface area contributed by atoms with Crippen LogP contribution in [0.1, 0.15) is 41.9 Å². The number of fused-ring (bicyclic) bond motifs is 1. The highest BCUT2D eigenvalue weighted by Gasteiger charge is 2.26. The number of rotatable bonds is 5. The predicted molar refractivity (Wildman–Crippen MR) is 140 cm³/mol. The Kier molecular flexibility index (Phi) is 6.54. The standard InChI is InChI=1S/C27H27FN6O2S/c1-27(2,36)15-34-25-19(13-32-34)8-18(12-31-25)24-21(16-5-6-17(11-29)22(28)9-16)10-23(37-24)26(35)33-7-3-4-20(30)14-33/h5-6,8-10,12-13,20,36H,3-4,7,14-15,30H2,1-2H3/t20-/m1/s1. The van der Waals surface area contributed by atoms with Crippen LogP contribution in [-0.4, -0.2) is 55.4 Å². The van der Waals surface area contributed by atoms with Gasteiger partial charge in [-0.05, 0) is 56.5 Å². The molecular formula is C27H27FN6O2S. The van der Waals surface area contributed by atoms with Crippen molar-refractivity contribution in [3.8, 4) is 27.6 Å². The molecule has 1 atom stereocenters. The molecule has 3 aromatic heterocycles. The van der Waals surface area contributed by atoms with E-state index >= 15 is 0 Å². The molecule has 8 nitrogen and oxygen atoms in total. The number of piperidine rings is 1. The molecule has 1 aromatic carbocycles. The summed E-state index contributed by atoms with van der Waals surface area (Å²) in [5.74, 6) is -0.720. The number of carbonyl (C=O) groups is 1. The van der Waals surface area contributed by atoms with Crippen molar-refractivity contribution in [1.29, 1.82) is 5.26 Å². The van der Waals surface area contributed by atoms with E-state index < -0.39 is 11.4 Å². The summed E-state index contributed by atoms with van der Waals surface area (Å²) >= 11 is 1.32. The van der Waals surface area contributed by atoms with E-state index in [2.05, 4.69) is 10.1 Å². The number of hydrogen-bond acceptors (Lipinski definition) is 7. The Hall–Kier alpha value is -3.65. The molecule has 4 aromatic rings. The molecule has 1 aliphatic heterocycles. The summed E-state index contributed by atoms with van der Waals surface area (Å²) in [7, 11) is 0. The maximum atomic E-state index is 14.6. The van der Waals surface area contributed by atoms with Gasteiger partial charge in [0.05, 0.1) is 28.8 Å². The first-order chi connectivity index (χ1) is 17.6. The first-order valence-corrected chi connectivity index (χ1v) is 12.9. The second-order valence-corrected chi connectivity index (χ2v) is 11.1. The fourth-order valence-corrected chi connectivity index (χ4v) is 5.76. The Labute approximate surface area is 217 Å². The van der Waals surface area contributed by atoms with Gasteiger partial charge in [-0.3, -0.25) is 4.79 Å². The number of carbonyl (C=O) groups excluding carboxylic acids is 1. The fourth-order valence-electron chi connectivity index (χ4n) is 4.63. The molecule has 1 aliphatic rings. The molecule has 190 valence electrons. The van der Waals surface area contributed by atoms with Crippen LogP contribution in [0, 0.1) is 17.1 Å². The van der Waals surface area contributed by atoms with Crippen LogP contribution in [0.25, 0.3) is 32.6 Å². The quantitative estimate of drug-likeness (QED) is 0.409. The van der Waals surface area contributed by atoms with E-state index in [1.807, 2.05) is 12.1 Å². The Morgan fingerprint density at radius 2 is 2.11 bits per heavy atom. The number of amides is 1. The van der Waals surface area contributed by atoms with Crippen LogP contribution in [0.4, 0.5) is 4.39 Å². The van der Waals surface area contributed by atoms with Gasteiger partial charge >= 0.3 is 0 Å². The van der Waals surface area contributed by atoms with Gasteiger partial charge < -0.3 is 15.7 Å². The van der Waals surface area contributed by atoms with Crippen LogP contribution < -0.4 is 5.73 Å². The molecule has 37 heavy (non-hydrogen) atoms. The van der Waals surface area contributed by atoms with E-state index in [9.17, 15) is 14.3 Å². The molecule has 5 rings (SSSR count). The molecule has 10 heteroatoms. The number of likely N-dealkylation sites (tertiary alicyclic amines) is 1. The molecule has 0 aliphatic carbocycles. The summed E-state index contributed by atoms with van der Waals surface area (Å²) in [4.78, 5) is 21.1. The van der Waals surface area contributed by atoms with Crippen molar-refractivity contribution in [3.05, 3.63) is 59.0 Å². The Bertz CT molecular complexity index is 1530. The van der Waals surface area contributed by atoms with Crippen molar-refractivity contribution in [2.24, 2.45) is 5.73 Å². The highest BCUT2D eigenvalue weighted by molar-refractivity contribution is 7.18. The van der Waals surface area contributed by atoms with Crippen molar-refractivity contribution < 1.29 is 14.3 Å². The average Bonchev–Trinajstić information content (AvgIpc) is 3.47. The van der Waals surface area contributed by atoms with Crippen LogP contribution in [-0.2, 0) is 6.54 Å². The molecular weight excluding hydrogens is 491 g/mol. The smallest absolute Gasteiger partial charge is 0.264 e. The molecule has 1 saturated heterocycles. The minimum absolute atomic E-state index is 0.0403. The SMILES string of the molecule is CC(C)(O)Cn1ncc2cc(-c3sc(C(=O)N4CCC[C@@H](N)C4)cc3-c3ccc(C#N)c(F)c3)cnc21. The van der Waals surface area contributed by atoms with Gasteiger partial charge in [-0.25, -0.2) is 14.1 Å². The predicted octanol–water partition coefficient (Wildman–Crippen LogP) is 4.17. The lowest BCUT2D eigenvalue weighted by Crippen LogP contribution is -2.45. The Balaban J connectivity index is 1.60. The number of hydrogen-bond donors (Lipinski definition) is 2. The largest absolute Gasteiger partial charge is 0.389 e. The van der Waals surface area contributed by atoms with Crippen molar-refractivity contribution in [3.63, 3.8) is 0 Å². The lowest BCUT2D eigenvalue weighted by atomic mass is 10.0. The van der Waals surface area contributed by atoms with Crippen LogP contribution in [0.5, 0.6) is 0 Å². The van der Waals surface area contributed by atoms with E-state index in [1.165, 1.54) is 23.5 Å². The number of nitrogens with two attached hydrogens (primary N) is 1. The van der Waals surface area contributed by atoms with Gasteiger partial charge in [0.1, 0.15) is 11.9 Å². The van der Waals surface area contributed by atoms with Crippen molar-refractivity contribution >= 4 is 28.3 Å². The van der Waals surface area contributed by atoms with Gasteiger partial charge in [0, 0.05) is 46.7 Å². The monoisotopic (exact) mass is 518 g/mol. The summed E-state index contributed by atoms with van der Waals surface area (Å²) in [6, 6.07) is 9.96. The number of nitriles is 1. The number of aliphatic hydroxyl groups is 1. The van der Waals surface area contributed by atoms with Gasteiger partial charge in [0.15, 0.2) is 5.65 Å². The lowest BCUT2D eigenvalue weighted by molar-refractivity contribution is 0.0589. The van der Waals surface area contributed by atoms with Crippen LogP contribution in [0.3, 0.4) is 0 Å². The van der Waals surface area contributed by atoms with Crippen molar-refractivity contribution in [1.82, 2.24) is 19.7 Å². The van der Waals surface area contributed by atoms with Crippen LogP contribution in [0.15, 0.2) is 42.7 Å². The number of thiophene rings is 1. The minimum atomic E-state index is -0.952. The third-order valence-electron chi connectivity index (χ3n) is 6.36. The zero-order valence-electron chi connectivity index (χ0n) is 20.6. The van der Waals surface area contributed by atoms with Crippen LogP contribution in [0.2, 0.25) is 0 Å². The fraction of sp³-hybridized carbons (Fsp3) is 0.333. The molecule has 0 saturated carbocycles. The van der Waals surface area contributed by atoms with E-state index in [-0.39, 0.29) is 24.1 Å². The molecule has 0 spiro atoms. The van der Waals surface area contributed by atoms with Gasteiger partial charge in [0.2, 0.25) is 0 Å². The topological polar surface area (TPSA) is 121 Å². The summed E-state index contributed by atoms with van der Waals surface area (Å²) in [5.41, 5.74) is 7.75. The maximum absolute atomic E-state index is 14.6.